The third kappa shape index (κ3) is 12.2. The summed E-state index contributed by atoms with van der Waals surface area (Å²) in [4.78, 5) is 10.7. The standard InChI is InChI=1S/C19H31NO2S.Na/c1-23-16-10-8-6-4-2-3-5-7-9-15-20-18-13-11-17(12-14-18)19(21)22;/h11-14,20H,2-10,15-16H2,1H3,(H,21,22);/q;+1/p-1. The van der Waals surface area contributed by atoms with Crippen LogP contribution in [0.4, 0.5) is 5.69 Å². The number of benzene rings is 1. The Hall–Kier alpha value is -0.160. The van der Waals surface area contributed by atoms with E-state index >= 15 is 0 Å². The minimum Gasteiger partial charge on any atom is -0.545 e. The largest absolute Gasteiger partial charge is 1.00 e. The number of rotatable bonds is 14. The van der Waals surface area contributed by atoms with Gasteiger partial charge in [0.2, 0.25) is 0 Å². The van der Waals surface area contributed by atoms with Gasteiger partial charge >= 0.3 is 29.6 Å². The summed E-state index contributed by atoms with van der Waals surface area (Å²) >= 11 is 1.95. The maximum absolute atomic E-state index is 10.7. The minimum absolute atomic E-state index is 0. The number of carboxylic acids is 1. The number of thioether (sulfide) groups is 1. The average molecular weight is 360 g/mol. The van der Waals surface area contributed by atoms with E-state index in [9.17, 15) is 9.90 Å². The minimum atomic E-state index is -1.12. The maximum atomic E-state index is 10.7. The Kier molecular flexibility index (Phi) is 16.2. The fraction of sp³-hybridized carbons (Fsp3) is 0.632. The van der Waals surface area contributed by atoms with Crippen molar-refractivity contribution in [2.45, 2.75) is 57.8 Å². The van der Waals surface area contributed by atoms with E-state index in [1.807, 2.05) is 11.8 Å². The Balaban J connectivity index is 0.00000529. The average Bonchev–Trinajstić information content (AvgIpc) is 2.56. The van der Waals surface area contributed by atoms with Gasteiger partial charge in [0.1, 0.15) is 0 Å². The van der Waals surface area contributed by atoms with Crippen molar-refractivity contribution < 1.29 is 39.5 Å². The van der Waals surface area contributed by atoms with Gasteiger partial charge in [0, 0.05) is 12.2 Å². The molecule has 0 aromatic heterocycles. The van der Waals surface area contributed by atoms with E-state index in [1.54, 1.807) is 24.3 Å². The molecule has 0 unspecified atom stereocenters. The molecule has 0 fully saturated rings. The maximum Gasteiger partial charge on any atom is 1.00 e. The van der Waals surface area contributed by atoms with E-state index in [0.717, 1.165) is 18.7 Å². The van der Waals surface area contributed by atoms with Crippen molar-refractivity contribution in [1.29, 1.82) is 0 Å². The van der Waals surface area contributed by atoms with Gasteiger partial charge in [0.25, 0.3) is 0 Å². The van der Waals surface area contributed by atoms with Crippen LogP contribution in [0.1, 0.15) is 68.1 Å². The van der Waals surface area contributed by atoms with Gasteiger partial charge < -0.3 is 15.2 Å². The van der Waals surface area contributed by atoms with Gasteiger partial charge in [-0.3, -0.25) is 0 Å². The fourth-order valence-electron chi connectivity index (χ4n) is 2.57. The molecule has 0 aliphatic rings. The number of aromatic carboxylic acids is 1. The fourth-order valence-corrected chi connectivity index (χ4v) is 3.06. The number of nitrogens with one attached hydrogen (secondary N) is 1. The number of unbranched alkanes of at least 4 members (excludes halogenated alkanes) is 8. The quantitative estimate of drug-likeness (QED) is 0.402. The second-order valence-electron chi connectivity index (χ2n) is 5.97. The van der Waals surface area contributed by atoms with Gasteiger partial charge in [0.05, 0.1) is 5.97 Å². The van der Waals surface area contributed by atoms with E-state index in [-0.39, 0.29) is 35.1 Å². The number of anilines is 1. The summed E-state index contributed by atoms with van der Waals surface area (Å²) in [6, 6.07) is 6.75. The first-order valence-electron chi connectivity index (χ1n) is 8.78. The molecule has 0 atom stereocenters. The summed E-state index contributed by atoms with van der Waals surface area (Å²) in [5.41, 5.74) is 1.20. The van der Waals surface area contributed by atoms with Crippen LogP contribution in [0, 0.1) is 0 Å². The molecule has 5 heteroatoms. The number of carbonyl (C=O) groups is 1. The summed E-state index contributed by atoms with van der Waals surface area (Å²) in [5, 5.41) is 14.0. The zero-order chi connectivity index (χ0) is 16.8. The van der Waals surface area contributed by atoms with Crippen molar-refractivity contribution >= 4 is 23.4 Å². The summed E-state index contributed by atoms with van der Waals surface area (Å²) < 4.78 is 0. The molecular formula is C19H30NNaO2S. The smallest absolute Gasteiger partial charge is 0.545 e. The van der Waals surface area contributed by atoms with Crippen LogP contribution in [0.25, 0.3) is 0 Å². The van der Waals surface area contributed by atoms with E-state index in [1.165, 1.54) is 57.1 Å². The predicted molar refractivity (Wildman–Crippen MR) is 99.2 cm³/mol. The van der Waals surface area contributed by atoms with Gasteiger partial charge in [-0.05, 0) is 42.5 Å². The molecule has 24 heavy (non-hydrogen) atoms. The van der Waals surface area contributed by atoms with Crippen molar-refractivity contribution in [1.82, 2.24) is 0 Å². The molecule has 0 aliphatic carbocycles. The SMILES string of the molecule is CSCCCCCCCCCCCNc1ccc(C(=O)[O-])cc1.[Na+]. The first kappa shape index (κ1) is 23.8. The topological polar surface area (TPSA) is 52.2 Å². The predicted octanol–water partition coefficient (Wildman–Crippen LogP) is 1.34. The molecule has 0 bridgehead atoms. The normalized spacial score (nSPS) is 10.2. The van der Waals surface area contributed by atoms with Crippen LogP contribution in [0.5, 0.6) is 0 Å². The number of carboxylic acid groups (broad SMARTS) is 1. The van der Waals surface area contributed by atoms with Gasteiger partial charge in [-0.2, -0.15) is 11.8 Å². The van der Waals surface area contributed by atoms with Crippen LogP contribution in [-0.2, 0) is 0 Å². The van der Waals surface area contributed by atoms with Crippen LogP contribution >= 0.6 is 11.8 Å². The molecule has 0 radical (unpaired) electrons. The van der Waals surface area contributed by atoms with Crippen LogP contribution in [-0.4, -0.2) is 24.5 Å². The van der Waals surface area contributed by atoms with Crippen molar-refractivity contribution in [3.63, 3.8) is 0 Å². The van der Waals surface area contributed by atoms with Crippen LogP contribution < -0.4 is 40.0 Å². The summed E-state index contributed by atoms with van der Waals surface area (Å²) in [6.45, 7) is 0.944. The Morgan fingerprint density at radius 1 is 0.917 bits per heavy atom. The van der Waals surface area contributed by atoms with Crippen LogP contribution in [0.2, 0.25) is 0 Å². The first-order chi connectivity index (χ1) is 11.2. The summed E-state index contributed by atoms with van der Waals surface area (Å²) in [6.07, 6.45) is 14.2. The van der Waals surface area contributed by atoms with Gasteiger partial charge in [-0.1, -0.05) is 57.1 Å². The van der Waals surface area contributed by atoms with E-state index < -0.39 is 5.97 Å². The Labute approximate surface area is 173 Å². The number of carbonyl (C=O) groups excluding carboxylic acids is 1. The van der Waals surface area contributed by atoms with E-state index in [0.29, 0.717) is 0 Å². The monoisotopic (exact) mass is 359 g/mol. The van der Waals surface area contributed by atoms with Crippen molar-refractivity contribution in [2.75, 3.05) is 23.9 Å². The van der Waals surface area contributed by atoms with Crippen LogP contribution in [0.15, 0.2) is 24.3 Å². The molecule has 1 aromatic rings. The Bertz CT molecular complexity index is 426. The molecule has 0 spiro atoms. The van der Waals surface area contributed by atoms with E-state index in [2.05, 4.69) is 11.6 Å². The molecule has 1 aromatic carbocycles. The third-order valence-corrected chi connectivity index (χ3v) is 4.67. The second kappa shape index (κ2) is 16.3. The van der Waals surface area contributed by atoms with Crippen LogP contribution in [0.3, 0.4) is 0 Å². The molecule has 0 heterocycles. The molecule has 130 valence electrons. The van der Waals surface area contributed by atoms with Gasteiger partial charge in [0.15, 0.2) is 0 Å². The zero-order valence-corrected chi connectivity index (χ0v) is 18.1. The molecular weight excluding hydrogens is 329 g/mol. The summed E-state index contributed by atoms with van der Waals surface area (Å²) in [7, 11) is 0. The number of hydrogen-bond donors (Lipinski definition) is 1. The van der Waals surface area contributed by atoms with Gasteiger partial charge in [-0.15, -0.1) is 0 Å². The molecule has 1 N–H and O–H groups in total. The zero-order valence-electron chi connectivity index (χ0n) is 15.3. The molecule has 0 saturated carbocycles. The third-order valence-electron chi connectivity index (χ3n) is 3.97. The molecule has 3 nitrogen and oxygen atoms in total. The van der Waals surface area contributed by atoms with Crippen molar-refractivity contribution in [3.8, 4) is 0 Å². The number of hydrogen-bond acceptors (Lipinski definition) is 4. The molecule has 0 saturated heterocycles. The first-order valence-corrected chi connectivity index (χ1v) is 10.2. The van der Waals surface area contributed by atoms with Gasteiger partial charge in [-0.25, -0.2) is 0 Å². The second-order valence-corrected chi connectivity index (χ2v) is 6.95. The Morgan fingerprint density at radius 2 is 1.42 bits per heavy atom. The van der Waals surface area contributed by atoms with Crippen molar-refractivity contribution in [2.24, 2.45) is 0 Å². The Morgan fingerprint density at radius 3 is 1.92 bits per heavy atom. The molecule has 0 aliphatic heterocycles. The van der Waals surface area contributed by atoms with E-state index in [4.69, 9.17) is 0 Å². The molecule has 1 rings (SSSR count). The molecule has 0 amide bonds. The van der Waals surface area contributed by atoms with Crippen molar-refractivity contribution in [3.05, 3.63) is 29.8 Å². The summed E-state index contributed by atoms with van der Waals surface area (Å²) in [5.74, 6) is 0.184.